The molecule has 100 valence electrons. The van der Waals surface area contributed by atoms with Gasteiger partial charge in [0.25, 0.3) is 0 Å². The molecule has 0 radical (unpaired) electrons. The van der Waals surface area contributed by atoms with Gasteiger partial charge in [-0.2, -0.15) is 11.8 Å². The summed E-state index contributed by atoms with van der Waals surface area (Å²) in [5, 5.41) is 0. The molecule has 0 aromatic heterocycles. The van der Waals surface area contributed by atoms with Crippen LogP contribution in [0.5, 0.6) is 0 Å². The van der Waals surface area contributed by atoms with Gasteiger partial charge in [0.15, 0.2) is 0 Å². The Morgan fingerprint density at radius 1 is 1.33 bits per heavy atom. The van der Waals surface area contributed by atoms with Crippen LogP contribution in [-0.4, -0.2) is 37.0 Å². The molecular weight excluding hydrogens is 240 g/mol. The van der Waals surface area contributed by atoms with Crippen LogP contribution < -0.4 is 5.73 Å². The number of rotatable bonds is 7. The summed E-state index contributed by atoms with van der Waals surface area (Å²) < 4.78 is 0. The van der Waals surface area contributed by atoms with E-state index >= 15 is 0 Å². The number of hydrogen-bond acceptors (Lipinski definition) is 3. The predicted octanol–water partition coefficient (Wildman–Crippen LogP) is 2.86. The molecule has 0 saturated heterocycles. The Hall–Kier alpha value is -0.510. The Kier molecular flexibility index (Phi) is 5.10. The normalized spacial score (nSPS) is 17.1. The average Bonchev–Trinajstić information content (AvgIpc) is 3.22. The molecule has 0 heterocycles. The number of thioether (sulfide) groups is 1. The number of nitrogens with zero attached hydrogens (tertiary/aromatic N) is 1. The van der Waals surface area contributed by atoms with Gasteiger partial charge < -0.3 is 5.73 Å². The van der Waals surface area contributed by atoms with Crippen molar-refractivity contribution in [2.75, 3.05) is 32.1 Å². The number of hydrogen-bond donors (Lipinski definition) is 1. The highest BCUT2D eigenvalue weighted by molar-refractivity contribution is 7.98. The summed E-state index contributed by atoms with van der Waals surface area (Å²) in [6.45, 7) is 1.78. The lowest BCUT2D eigenvalue weighted by Gasteiger charge is -2.27. The molecule has 0 spiro atoms. The maximum Gasteiger partial charge on any atom is 0.0467 e. The molecule has 0 amide bonds. The van der Waals surface area contributed by atoms with Gasteiger partial charge in [-0.05, 0) is 43.2 Å². The van der Waals surface area contributed by atoms with Gasteiger partial charge in [0.05, 0.1) is 0 Å². The second-order valence-electron chi connectivity index (χ2n) is 5.17. The van der Waals surface area contributed by atoms with Crippen molar-refractivity contribution in [2.24, 2.45) is 5.73 Å². The van der Waals surface area contributed by atoms with Crippen LogP contribution in [-0.2, 0) is 0 Å². The van der Waals surface area contributed by atoms with Crippen LogP contribution in [0.1, 0.15) is 35.9 Å². The topological polar surface area (TPSA) is 29.3 Å². The summed E-state index contributed by atoms with van der Waals surface area (Å²) in [5.41, 5.74) is 8.79. The lowest BCUT2D eigenvalue weighted by molar-refractivity contribution is 0.265. The van der Waals surface area contributed by atoms with Gasteiger partial charge in [0.1, 0.15) is 0 Å². The molecule has 0 aliphatic heterocycles. The van der Waals surface area contributed by atoms with E-state index in [-0.39, 0.29) is 0 Å². The molecule has 1 atom stereocenters. The molecule has 1 saturated carbocycles. The van der Waals surface area contributed by atoms with E-state index in [1.165, 1.54) is 24.0 Å². The van der Waals surface area contributed by atoms with Crippen molar-refractivity contribution in [3.8, 4) is 0 Å². The minimum absolute atomic E-state index is 0.352. The van der Waals surface area contributed by atoms with E-state index in [2.05, 4.69) is 42.5 Å². The zero-order valence-corrected chi connectivity index (χ0v) is 12.2. The van der Waals surface area contributed by atoms with Crippen molar-refractivity contribution in [3.63, 3.8) is 0 Å². The average molecular weight is 264 g/mol. The van der Waals surface area contributed by atoms with E-state index in [1.807, 2.05) is 11.8 Å². The van der Waals surface area contributed by atoms with Crippen LogP contribution in [0.3, 0.4) is 0 Å². The first-order chi connectivity index (χ1) is 8.76. The third kappa shape index (κ3) is 3.50. The summed E-state index contributed by atoms with van der Waals surface area (Å²) >= 11 is 1.89. The van der Waals surface area contributed by atoms with Crippen molar-refractivity contribution in [3.05, 3.63) is 35.4 Å². The SMILES string of the molecule is CSCCN(C)C(CN)c1ccc(C2CC2)cc1. The highest BCUT2D eigenvalue weighted by atomic mass is 32.2. The Bertz CT molecular complexity index is 359. The van der Waals surface area contributed by atoms with Crippen LogP contribution in [0.15, 0.2) is 24.3 Å². The van der Waals surface area contributed by atoms with E-state index in [4.69, 9.17) is 5.73 Å². The van der Waals surface area contributed by atoms with Crippen LogP contribution in [0.2, 0.25) is 0 Å². The third-order valence-electron chi connectivity index (χ3n) is 3.77. The van der Waals surface area contributed by atoms with Crippen LogP contribution >= 0.6 is 11.8 Å². The Morgan fingerprint density at radius 2 is 2.00 bits per heavy atom. The summed E-state index contributed by atoms with van der Waals surface area (Å²) in [6.07, 6.45) is 4.89. The lowest BCUT2D eigenvalue weighted by Crippen LogP contribution is -2.32. The highest BCUT2D eigenvalue weighted by Gasteiger charge is 2.23. The van der Waals surface area contributed by atoms with Crippen molar-refractivity contribution in [1.29, 1.82) is 0 Å². The first-order valence-electron chi connectivity index (χ1n) is 6.75. The highest BCUT2D eigenvalue weighted by Crippen LogP contribution is 2.40. The van der Waals surface area contributed by atoms with E-state index < -0.39 is 0 Å². The molecule has 1 unspecified atom stereocenters. The van der Waals surface area contributed by atoms with Gasteiger partial charge in [-0.1, -0.05) is 24.3 Å². The van der Waals surface area contributed by atoms with E-state index in [1.54, 1.807) is 0 Å². The zero-order valence-electron chi connectivity index (χ0n) is 11.4. The Morgan fingerprint density at radius 3 is 2.50 bits per heavy atom. The first kappa shape index (κ1) is 13.9. The molecule has 18 heavy (non-hydrogen) atoms. The van der Waals surface area contributed by atoms with Crippen LogP contribution in [0, 0.1) is 0 Å². The quantitative estimate of drug-likeness (QED) is 0.821. The van der Waals surface area contributed by atoms with Gasteiger partial charge >= 0.3 is 0 Å². The Labute approximate surface area is 115 Å². The lowest BCUT2D eigenvalue weighted by atomic mass is 10.0. The maximum absolute atomic E-state index is 5.94. The third-order valence-corrected chi connectivity index (χ3v) is 4.36. The summed E-state index contributed by atoms with van der Waals surface area (Å²) in [4.78, 5) is 2.36. The second-order valence-corrected chi connectivity index (χ2v) is 6.15. The molecule has 1 fully saturated rings. The largest absolute Gasteiger partial charge is 0.329 e. The summed E-state index contributed by atoms with van der Waals surface area (Å²) in [5.74, 6) is 2.00. The molecule has 2 rings (SSSR count). The fraction of sp³-hybridized carbons (Fsp3) is 0.600. The van der Waals surface area contributed by atoms with Gasteiger partial charge in [-0.25, -0.2) is 0 Å². The van der Waals surface area contributed by atoms with Crippen molar-refractivity contribution < 1.29 is 0 Å². The minimum Gasteiger partial charge on any atom is -0.329 e. The van der Waals surface area contributed by atoms with Gasteiger partial charge in [0, 0.05) is 24.9 Å². The van der Waals surface area contributed by atoms with E-state index in [0.29, 0.717) is 12.6 Å². The van der Waals surface area contributed by atoms with Crippen LogP contribution in [0.25, 0.3) is 0 Å². The van der Waals surface area contributed by atoms with E-state index in [9.17, 15) is 0 Å². The first-order valence-corrected chi connectivity index (χ1v) is 8.14. The molecule has 2 N–H and O–H groups in total. The molecule has 2 nitrogen and oxygen atoms in total. The molecular formula is C15H24N2S. The fourth-order valence-corrected chi connectivity index (χ4v) is 2.84. The number of benzene rings is 1. The van der Waals surface area contributed by atoms with E-state index in [0.717, 1.165) is 18.2 Å². The molecule has 3 heteroatoms. The fourth-order valence-electron chi connectivity index (χ4n) is 2.37. The molecule has 0 bridgehead atoms. The van der Waals surface area contributed by atoms with Gasteiger partial charge in [-0.15, -0.1) is 0 Å². The zero-order chi connectivity index (χ0) is 13.0. The predicted molar refractivity (Wildman–Crippen MR) is 81.2 cm³/mol. The second kappa shape index (κ2) is 6.60. The van der Waals surface area contributed by atoms with Crippen molar-refractivity contribution >= 4 is 11.8 Å². The standard InChI is InChI=1S/C15H24N2S/c1-17(9-10-18-2)15(11-16)14-7-5-13(6-8-14)12-3-4-12/h5-8,12,15H,3-4,9-11,16H2,1-2H3. The van der Waals surface area contributed by atoms with Crippen molar-refractivity contribution in [1.82, 2.24) is 4.90 Å². The van der Waals surface area contributed by atoms with Gasteiger partial charge in [-0.3, -0.25) is 4.90 Å². The summed E-state index contributed by atoms with van der Waals surface area (Å²) in [6, 6.07) is 9.46. The Balaban J connectivity index is 2.01. The molecule has 1 aliphatic rings. The number of nitrogens with two attached hydrogens (primary N) is 1. The summed E-state index contributed by atoms with van der Waals surface area (Å²) in [7, 11) is 2.17. The maximum atomic E-state index is 5.94. The van der Waals surface area contributed by atoms with Gasteiger partial charge in [0.2, 0.25) is 0 Å². The smallest absolute Gasteiger partial charge is 0.0467 e. The minimum atomic E-state index is 0.352. The molecule has 1 aromatic rings. The van der Waals surface area contributed by atoms with Crippen molar-refractivity contribution in [2.45, 2.75) is 24.8 Å². The number of likely N-dealkylation sites (N-methyl/N-ethyl adjacent to an activating group) is 1. The molecule has 1 aromatic carbocycles. The van der Waals surface area contributed by atoms with Crippen LogP contribution in [0.4, 0.5) is 0 Å². The monoisotopic (exact) mass is 264 g/mol. The molecule has 1 aliphatic carbocycles.